The van der Waals surface area contributed by atoms with Crippen LogP contribution in [0.25, 0.3) is 0 Å². The van der Waals surface area contributed by atoms with E-state index >= 15 is 0 Å². The first-order valence-electron chi connectivity index (χ1n) is 7.27. The lowest BCUT2D eigenvalue weighted by Crippen LogP contribution is -2.56. The molecule has 1 amide bonds. The van der Waals surface area contributed by atoms with Crippen molar-refractivity contribution in [1.82, 2.24) is 10.2 Å². The summed E-state index contributed by atoms with van der Waals surface area (Å²) in [7, 11) is 0. The monoisotopic (exact) mass is 278 g/mol. The van der Waals surface area contributed by atoms with Crippen LogP contribution < -0.4 is 5.32 Å². The number of hydrogen-bond donors (Lipinski definition) is 1. The van der Waals surface area contributed by atoms with Crippen LogP contribution in [-0.2, 0) is 11.3 Å². The molecule has 104 valence electrons. The van der Waals surface area contributed by atoms with Crippen molar-refractivity contribution >= 4 is 17.2 Å². The molecule has 1 aromatic rings. The molecule has 0 radical (unpaired) electrons. The predicted octanol–water partition coefficient (Wildman–Crippen LogP) is 2.77. The normalized spacial score (nSPS) is 31.1. The molecule has 2 aliphatic heterocycles. The Morgan fingerprint density at radius 3 is 2.74 bits per heavy atom. The van der Waals surface area contributed by atoms with Gasteiger partial charge >= 0.3 is 0 Å². The van der Waals surface area contributed by atoms with Crippen LogP contribution in [0.4, 0.5) is 0 Å². The molecule has 1 N–H and O–H groups in total. The Morgan fingerprint density at radius 1 is 1.42 bits per heavy atom. The van der Waals surface area contributed by atoms with Gasteiger partial charge in [0.2, 0.25) is 5.91 Å². The average Bonchev–Trinajstić information content (AvgIpc) is 2.82. The van der Waals surface area contributed by atoms with Gasteiger partial charge in [0.1, 0.15) is 0 Å². The molecule has 19 heavy (non-hydrogen) atoms. The molecule has 0 aliphatic carbocycles. The molecular weight excluding hydrogens is 256 g/mol. The lowest BCUT2D eigenvalue weighted by Gasteiger charge is -2.48. The van der Waals surface area contributed by atoms with Crippen molar-refractivity contribution < 1.29 is 4.79 Å². The van der Waals surface area contributed by atoms with E-state index in [2.05, 4.69) is 27.7 Å². The third-order valence-electron chi connectivity index (χ3n) is 4.45. The summed E-state index contributed by atoms with van der Waals surface area (Å²) >= 11 is 1.86. The molecule has 0 unspecified atom stereocenters. The van der Waals surface area contributed by atoms with Crippen molar-refractivity contribution in [1.29, 1.82) is 0 Å². The largest absolute Gasteiger partial charge is 0.353 e. The Morgan fingerprint density at radius 2 is 2.16 bits per heavy atom. The van der Waals surface area contributed by atoms with Gasteiger partial charge in [0, 0.05) is 36.5 Å². The molecule has 4 heteroatoms. The van der Waals surface area contributed by atoms with E-state index in [1.807, 2.05) is 11.3 Å². The highest BCUT2D eigenvalue weighted by atomic mass is 32.1. The molecule has 2 aliphatic rings. The predicted molar refractivity (Wildman–Crippen MR) is 78.1 cm³/mol. The molecule has 0 aromatic carbocycles. The van der Waals surface area contributed by atoms with Gasteiger partial charge in [-0.15, -0.1) is 11.3 Å². The number of carbonyl (C=O) groups is 1. The van der Waals surface area contributed by atoms with Crippen LogP contribution in [0.15, 0.2) is 17.5 Å². The van der Waals surface area contributed by atoms with Gasteiger partial charge in [-0.25, -0.2) is 0 Å². The van der Waals surface area contributed by atoms with Gasteiger partial charge < -0.3 is 5.32 Å². The first kappa shape index (κ1) is 13.1. The Bertz CT molecular complexity index is 417. The molecule has 2 bridgehead atoms. The standard InChI is InChI=1S/C15H22N2OS/c1-11(18)16-12-8-13-4-2-5-14(9-12)17(13)10-15-6-3-7-19-15/h3,6-7,12-14H,2,4-5,8-10H2,1H3,(H,16,18)/t13-,14-/m1/s1. The van der Waals surface area contributed by atoms with E-state index in [1.54, 1.807) is 6.92 Å². The van der Waals surface area contributed by atoms with E-state index in [9.17, 15) is 4.79 Å². The molecule has 3 heterocycles. The minimum absolute atomic E-state index is 0.120. The van der Waals surface area contributed by atoms with Crippen LogP contribution in [0.2, 0.25) is 0 Å². The minimum atomic E-state index is 0.120. The molecular formula is C15H22N2OS. The molecule has 0 spiro atoms. The fraction of sp³-hybridized carbons (Fsp3) is 0.667. The van der Waals surface area contributed by atoms with Crippen LogP contribution >= 0.6 is 11.3 Å². The summed E-state index contributed by atoms with van der Waals surface area (Å²) < 4.78 is 0. The first-order valence-corrected chi connectivity index (χ1v) is 8.15. The maximum atomic E-state index is 11.2. The van der Waals surface area contributed by atoms with Gasteiger partial charge in [0.05, 0.1) is 0 Å². The van der Waals surface area contributed by atoms with E-state index in [0.29, 0.717) is 18.1 Å². The molecule has 0 saturated carbocycles. The quantitative estimate of drug-likeness (QED) is 0.922. The summed E-state index contributed by atoms with van der Waals surface area (Å²) in [5.74, 6) is 0.120. The van der Waals surface area contributed by atoms with Gasteiger partial charge in [0.25, 0.3) is 0 Å². The number of nitrogens with zero attached hydrogens (tertiary/aromatic N) is 1. The first-order chi connectivity index (χ1) is 9.22. The molecule has 2 fully saturated rings. The topological polar surface area (TPSA) is 32.3 Å². The lowest BCUT2D eigenvalue weighted by molar-refractivity contribution is -0.120. The Kier molecular flexibility index (Phi) is 3.89. The Hall–Kier alpha value is -0.870. The Balaban J connectivity index is 1.68. The van der Waals surface area contributed by atoms with E-state index in [1.165, 1.54) is 24.1 Å². The number of amides is 1. The number of carbonyl (C=O) groups excluding carboxylic acids is 1. The zero-order valence-corrected chi connectivity index (χ0v) is 12.3. The van der Waals surface area contributed by atoms with Crippen molar-refractivity contribution in [2.75, 3.05) is 0 Å². The van der Waals surface area contributed by atoms with Crippen molar-refractivity contribution in [3.05, 3.63) is 22.4 Å². The van der Waals surface area contributed by atoms with E-state index < -0.39 is 0 Å². The number of fused-ring (bicyclic) bond motifs is 2. The average molecular weight is 278 g/mol. The van der Waals surface area contributed by atoms with Crippen molar-refractivity contribution in [3.63, 3.8) is 0 Å². The number of piperidine rings is 2. The van der Waals surface area contributed by atoms with E-state index in [-0.39, 0.29) is 5.91 Å². The van der Waals surface area contributed by atoms with Gasteiger partial charge in [-0.05, 0) is 37.1 Å². The maximum absolute atomic E-state index is 11.2. The van der Waals surface area contributed by atoms with Crippen LogP contribution in [0.1, 0.15) is 43.9 Å². The van der Waals surface area contributed by atoms with E-state index in [4.69, 9.17) is 0 Å². The molecule has 2 atom stereocenters. The summed E-state index contributed by atoms with van der Waals surface area (Å²) in [5.41, 5.74) is 0. The summed E-state index contributed by atoms with van der Waals surface area (Å²) in [4.78, 5) is 15.4. The second-order valence-corrected chi connectivity index (χ2v) is 6.89. The zero-order valence-electron chi connectivity index (χ0n) is 11.5. The summed E-state index contributed by atoms with van der Waals surface area (Å²) in [6.45, 7) is 2.73. The van der Waals surface area contributed by atoms with E-state index in [0.717, 1.165) is 19.4 Å². The van der Waals surface area contributed by atoms with Crippen molar-refractivity contribution in [3.8, 4) is 0 Å². The number of hydrogen-bond acceptors (Lipinski definition) is 3. The molecule has 3 rings (SSSR count). The summed E-state index contributed by atoms with van der Waals surface area (Å²) in [5, 5.41) is 5.29. The van der Waals surface area contributed by atoms with Crippen LogP contribution in [0.3, 0.4) is 0 Å². The highest BCUT2D eigenvalue weighted by Gasteiger charge is 2.38. The zero-order chi connectivity index (χ0) is 13.2. The maximum Gasteiger partial charge on any atom is 0.217 e. The van der Waals surface area contributed by atoms with Crippen LogP contribution in [0.5, 0.6) is 0 Å². The van der Waals surface area contributed by atoms with Gasteiger partial charge in [-0.3, -0.25) is 9.69 Å². The number of nitrogens with one attached hydrogen (secondary N) is 1. The van der Waals surface area contributed by atoms with Gasteiger partial charge in [-0.2, -0.15) is 0 Å². The second-order valence-electron chi connectivity index (χ2n) is 5.86. The number of rotatable bonds is 3. The fourth-order valence-electron chi connectivity index (χ4n) is 3.72. The summed E-state index contributed by atoms with van der Waals surface area (Å²) in [6.07, 6.45) is 6.18. The molecule has 3 nitrogen and oxygen atoms in total. The summed E-state index contributed by atoms with van der Waals surface area (Å²) in [6, 6.07) is 6.09. The SMILES string of the molecule is CC(=O)NC1C[C@H]2CCC[C@H](C1)N2Cc1cccs1. The van der Waals surface area contributed by atoms with Gasteiger partial charge in [-0.1, -0.05) is 12.5 Å². The van der Waals surface area contributed by atoms with Crippen LogP contribution in [-0.4, -0.2) is 28.9 Å². The van der Waals surface area contributed by atoms with Crippen LogP contribution in [0, 0.1) is 0 Å². The van der Waals surface area contributed by atoms with Gasteiger partial charge in [0.15, 0.2) is 0 Å². The van der Waals surface area contributed by atoms with Crippen molar-refractivity contribution in [2.45, 2.75) is 63.7 Å². The smallest absolute Gasteiger partial charge is 0.217 e. The molecule has 1 aromatic heterocycles. The minimum Gasteiger partial charge on any atom is -0.353 e. The second kappa shape index (κ2) is 5.63. The fourth-order valence-corrected chi connectivity index (χ4v) is 4.44. The molecule has 2 saturated heterocycles. The number of thiophene rings is 1. The lowest BCUT2D eigenvalue weighted by atomic mass is 9.81. The Labute approximate surface area is 119 Å². The van der Waals surface area contributed by atoms with Crippen molar-refractivity contribution in [2.24, 2.45) is 0 Å². The third-order valence-corrected chi connectivity index (χ3v) is 5.31. The highest BCUT2D eigenvalue weighted by Crippen LogP contribution is 2.35. The highest BCUT2D eigenvalue weighted by molar-refractivity contribution is 7.09. The third kappa shape index (κ3) is 3.00.